The van der Waals surface area contributed by atoms with Crippen molar-refractivity contribution in [2.45, 2.75) is 89.1 Å². The van der Waals surface area contributed by atoms with Crippen LogP contribution in [0.2, 0.25) is 0 Å². The van der Waals surface area contributed by atoms with E-state index in [1.807, 2.05) is 31.7 Å². The van der Waals surface area contributed by atoms with Crippen LogP contribution in [0.1, 0.15) is 83.0 Å². The Bertz CT molecular complexity index is 2430. The minimum absolute atomic E-state index is 0.0926. The molecule has 3 N–H and O–H groups in total. The van der Waals surface area contributed by atoms with Gasteiger partial charge in [0.2, 0.25) is 0 Å². The number of H-pyrrole nitrogens is 2. The van der Waals surface area contributed by atoms with Crippen LogP contribution in [0.4, 0.5) is 9.59 Å². The van der Waals surface area contributed by atoms with Crippen molar-refractivity contribution in [2.24, 2.45) is 11.8 Å². The number of ether oxygens (including phenoxy) is 1. The molecule has 6 unspecified atom stereocenters. The third-order valence-electron chi connectivity index (χ3n) is 12.3. The van der Waals surface area contributed by atoms with Crippen molar-refractivity contribution in [3.8, 4) is 33.4 Å². The summed E-state index contributed by atoms with van der Waals surface area (Å²) in [5.41, 5.74) is 9.78. The fraction of sp³-hybridized carbons (Fsp3) is 0.364. The zero-order chi connectivity index (χ0) is 36.9. The Morgan fingerprint density at radius 2 is 1.04 bits per heavy atom. The molecule has 54 heavy (non-hydrogen) atoms. The van der Waals surface area contributed by atoms with Gasteiger partial charge < -0.3 is 19.8 Å². The molecule has 10 nitrogen and oxygen atoms in total. The maximum atomic E-state index is 13.3. The van der Waals surface area contributed by atoms with E-state index in [9.17, 15) is 14.7 Å². The lowest BCUT2D eigenvalue weighted by molar-refractivity contribution is 0.00622. The van der Waals surface area contributed by atoms with Crippen molar-refractivity contribution in [3.63, 3.8) is 0 Å². The van der Waals surface area contributed by atoms with Crippen molar-refractivity contribution in [1.82, 2.24) is 29.7 Å². The van der Waals surface area contributed by atoms with E-state index in [0.717, 1.165) is 106 Å². The van der Waals surface area contributed by atoms with Crippen LogP contribution in [-0.4, -0.2) is 64.7 Å². The molecule has 4 heterocycles. The van der Waals surface area contributed by atoms with E-state index >= 15 is 0 Å². The van der Waals surface area contributed by atoms with Gasteiger partial charge in [-0.25, -0.2) is 19.6 Å². The van der Waals surface area contributed by atoms with E-state index in [2.05, 4.69) is 88.8 Å². The summed E-state index contributed by atoms with van der Waals surface area (Å²) in [5, 5.41) is 9.90. The Morgan fingerprint density at radius 1 is 0.630 bits per heavy atom. The molecule has 2 amide bonds. The van der Waals surface area contributed by atoms with E-state index < -0.39 is 11.7 Å². The van der Waals surface area contributed by atoms with E-state index in [1.54, 1.807) is 4.90 Å². The third kappa shape index (κ3) is 5.53. The molecule has 274 valence electrons. The van der Waals surface area contributed by atoms with Gasteiger partial charge in [-0.1, -0.05) is 60.7 Å². The number of benzene rings is 4. The second kappa shape index (κ2) is 12.2. The number of fused-ring (bicyclic) bond motifs is 6. The molecule has 2 aliphatic heterocycles. The van der Waals surface area contributed by atoms with Crippen LogP contribution < -0.4 is 0 Å². The molecule has 2 aliphatic carbocycles. The molecule has 0 radical (unpaired) electrons. The minimum atomic E-state index is -0.853. The number of piperidine rings is 2. The monoisotopic (exact) mass is 720 g/mol. The van der Waals surface area contributed by atoms with Gasteiger partial charge >= 0.3 is 12.2 Å². The third-order valence-corrected chi connectivity index (χ3v) is 12.3. The molecular formula is C44H44N6O4. The first-order valence-corrected chi connectivity index (χ1v) is 19.3. The van der Waals surface area contributed by atoms with Crippen molar-refractivity contribution in [3.05, 3.63) is 96.6 Å². The highest BCUT2D eigenvalue weighted by atomic mass is 16.6. The van der Waals surface area contributed by atoms with E-state index in [1.165, 1.54) is 0 Å². The number of nitrogens with zero attached hydrogens (tertiary/aromatic N) is 4. The van der Waals surface area contributed by atoms with Crippen LogP contribution in [0.5, 0.6) is 0 Å². The maximum absolute atomic E-state index is 13.3. The number of carbonyl (C=O) groups excluding carboxylic acids is 1. The van der Waals surface area contributed by atoms with E-state index in [0.29, 0.717) is 11.8 Å². The fourth-order valence-corrected chi connectivity index (χ4v) is 9.94. The summed E-state index contributed by atoms with van der Waals surface area (Å²) in [5.74, 6) is 2.32. The lowest BCUT2D eigenvalue weighted by Gasteiger charge is -2.35. The minimum Gasteiger partial charge on any atom is -0.465 e. The molecule has 0 spiro atoms. The molecular weight excluding hydrogens is 677 g/mol. The van der Waals surface area contributed by atoms with Gasteiger partial charge in [-0.05, 0) is 129 Å². The van der Waals surface area contributed by atoms with Crippen LogP contribution in [0.3, 0.4) is 0 Å². The predicted octanol–water partition coefficient (Wildman–Crippen LogP) is 10.1. The number of aromatic amines is 2. The summed E-state index contributed by atoms with van der Waals surface area (Å²) in [6.07, 6.45) is 4.95. The number of likely N-dealkylation sites (tertiary alicyclic amines) is 2. The predicted molar refractivity (Wildman–Crippen MR) is 208 cm³/mol. The second-order valence-corrected chi connectivity index (χ2v) is 16.8. The number of carboxylic acid groups (broad SMARTS) is 1. The van der Waals surface area contributed by atoms with Gasteiger partial charge in [-0.15, -0.1) is 0 Å². The molecule has 10 rings (SSSR count). The first-order chi connectivity index (χ1) is 26.1. The Kier molecular flexibility index (Phi) is 7.45. The maximum Gasteiger partial charge on any atom is 0.411 e. The van der Waals surface area contributed by atoms with Gasteiger partial charge in [0.25, 0.3) is 0 Å². The molecule has 2 aromatic heterocycles. The van der Waals surface area contributed by atoms with Gasteiger partial charge in [0, 0.05) is 12.1 Å². The summed E-state index contributed by atoms with van der Waals surface area (Å²) in [4.78, 5) is 45.8. The van der Waals surface area contributed by atoms with Gasteiger partial charge in [-0.2, -0.15) is 0 Å². The normalized spacial score (nSPS) is 24.6. The molecule has 4 bridgehead atoms. The van der Waals surface area contributed by atoms with Crippen LogP contribution in [0.15, 0.2) is 84.9 Å². The highest BCUT2D eigenvalue weighted by molar-refractivity contribution is 5.84. The fourth-order valence-electron chi connectivity index (χ4n) is 9.94. The highest BCUT2D eigenvalue weighted by Crippen LogP contribution is 2.51. The molecule has 4 aromatic carbocycles. The average Bonchev–Trinajstić information content (AvgIpc) is 4.02. The van der Waals surface area contributed by atoms with Gasteiger partial charge in [-0.3, -0.25) is 9.80 Å². The molecule has 4 aliphatic rings. The molecule has 4 fully saturated rings. The molecule has 2 saturated heterocycles. The number of hydrogen-bond donors (Lipinski definition) is 3. The highest BCUT2D eigenvalue weighted by Gasteiger charge is 2.52. The van der Waals surface area contributed by atoms with Crippen LogP contribution >= 0.6 is 0 Å². The first kappa shape index (κ1) is 33.0. The van der Waals surface area contributed by atoms with Crippen molar-refractivity contribution in [2.75, 3.05) is 0 Å². The van der Waals surface area contributed by atoms with Crippen LogP contribution in [-0.2, 0) is 4.74 Å². The Balaban J connectivity index is 0.854. The van der Waals surface area contributed by atoms with E-state index in [4.69, 9.17) is 14.7 Å². The Labute approximate surface area is 313 Å². The van der Waals surface area contributed by atoms with Crippen molar-refractivity contribution in [1.29, 1.82) is 0 Å². The standard InChI is InChI=1S/C44H44N6O4/c1-44(2,3)54-43(53)50-33-17-13-31(21-33)39(50)41-46-35-19-15-29(23-37(35)48-41)27-10-6-25(7-11-27)24-4-8-26(9-5-24)28-14-18-34-36(22-28)47-40(45-34)38-30-12-16-32(20-30)49(38)42(51)52/h4-11,14-15,18-19,22-23,30-33,38-39H,12-13,16-17,20-21H2,1-3H3,(H,45,47)(H,46,48)(H,51,52). The summed E-state index contributed by atoms with van der Waals surface area (Å²) >= 11 is 0. The number of amides is 2. The lowest BCUT2D eigenvalue weighted by Crippen LogP contribution is -2.43. The number of rotatable bonds is 5. The summed E-state index contributed by atoms with van der Waals surface area (Å²) in [7, 11) is 0. The zero-order valence-corrected chi connectivity index (χ0v) is 30.8. The number of carbonyl (C=O) groups is 2. The van der Waals surface area contributed by atoms with Crippen LogP contribution in [0.25, 0.3) is 55.4 Å². The van der Waals surface area contributed by atoms with Crippen molar-refractivity contribution >= 4 is 34.3 Å². The first-order valence-electron chi connectivity index (χ1n) is 19.3. The molecule has 6 aromatic rings. The topological polar surface area (TPSA) is 127 Å². The number of nitrogens with one attached hydrogen (secondary N) is 2. The summed E-state index contributed by atoms with van der Waals surface area (Å²) < 4.78 is 5.82. The van der Waals surface area contributed by atoms with E-state index in [-0.39, 0.29) is 30.3 Å². The lowest BCUT2D eigenvalue weighted by atomic mass is 9.98. The average molecular weight is 721 g/mol. The van der Waals surface area contributed by atoms with Crippen LogP contribution in [0, 0.1) is 11.8 Å². The second-order valence-electron chi connectivity index (χ2n) is 16.8. The molecule has 6 atom stereocenters. The summed E-state index contributed by atoms with van der Waals surface area (Å²) in [6, 6.07) is 29.8. The van der Waals surface area contributed by atoms with Gasteiger partial charge in [0.05, 0.1) is 34.2 Å². The zero-order valence-electron chi connectivity index (χ0n) is 30.8. The van der Waals surface area contributed by atoms with Gasteiger partial charge in [0.15, 0.2) is 0 Å². The summed E-state index contributed by atoms with van der Waals surface area (Å²) in [6.45, 7) is 5.74. The van der Waals surface area contributed by atoms with Crippen molar-refractivity contribution < 1.29 is 19.4 Å². The molecule has 2 saturated carbocycles. The quantitative estimate of drug-likeness (QED) is 0.163. The van der Waals surface area contributed by atoms with Gasteiger partial charge in [0.1, 0.15) is 17.2 Å². The SMILES string of the molecule is CC(C)(C)OC(=O)N1C2CCC(C2)C1c1nc2ccc(-c3ccc(-c4ccc(-c5ccc6nc(C7C8CCC(C8)N7C(=O)O)[nH]c6c5)cc4)cc3)cc2[nH]1. The molecule has 10 heteroatoms. The number of hydrogen-bond acceptors (Lipinski definition) is 5. The number of aromatic nitrogens is 4. The Hall–Kier alpha value is -5.64. The Morgan fingerprint density at radius 3 is 1.48 bits per heavy atom. The number of imidazole rings is 2. The largest absolute Gasteiger partial charge is 0.465 e. The smallest absolute Gasteiger partial charge is 0.411 e.